The predicted molar refractivity (Wildman–Crippen MR) is 115 cm³/mol. The van der Waals surface area contributed by atoms with Crippen LogP contribution in [0.1, 0.15) is 42.0 Å². The molecular weight excluding hydrogens is 399 g/mol. The Hall–Kier alpha value is -2.93. The summed E-state index contributed by atoms with van der Waals surface area (Å²) < 4.78 is 15.3. The van der Waals surface area contributed by atoms with Crippen LogP contribution in [0.15, 0.2) is 65.0 Å². The molecule has 3 aromatic rings. The van der Waals surface area contributed by atoms with Crippen molar-refractivity contribution in [3.05, 3.63) is 82.3 Å². The number of benzene rings is 2. The Bertz CT molecular complexity index is 1150. The topological polar surface area (TPSA) is 59.8 Å². The molecule has 0 radical (unpaired) electrons. The molecule has 7 heteroatoms. The summed E-state index contributed by atoms with van der Waals surface area (Å²) in [6.45, 7) is 2.09. The van der Waals surface area contributed by atoms with Crippen LogP contribution in [0.3, 0.4) is 0 Å². The summed E-state index contributed by atoms with van der Waals surface area (Å²) in [6.07, 6.45) is 2.15. The monoisotopic (exact) mass is 420 g/mol. The van der Waals surface area contributed by atoms with Crippen LogP contribution in [0.2, 0.25) is 0 Å². The highest BCUT2D eigenvalue weighted by molar-refractivity contribution is 7.98. The molecule has 1 aromatic heterocycles. The van der Waals surface area contributed by atoms with Crippen LogP contribution in [0.25, 0.3) is 0 Å². The van der Waals surface area contributed by atoms with Crippen molar-refractivity contribution in [1.82, 2.24) is 14.8 Å². The molecule has 0 unspecified atom stereocenters. The van der Waals surface area contributed by atoms with Crippen molar-refractivity contribution in [2.45, 2.75) is 43.1 Å². The van der Waals surface area contributed by atoms with Gasteiger partial charge in [-0.1, -0.05) is 48.2 Å². The van der Waals surface area contributed by atoms with E-state index >= 15 is 0 Å². The summed E-state index contributed by atoms with van der Waals surface area (Å²) in [7, 11) is 0. The second-order valence-electron chi connectivity index (χ2n) is 7.63. The zero-order chi connectivity index (χ0) is 20.7. The van der Waals surface area contributed by atoms with Crippen LogP contribution in [0, 0.1) is 12.7 Å². The molecule has 0 amide bonds. The van der Waals surface area contributed by atoms with Crippen molar-refractivity contribution in [2.24, 2.45) is 0 Å². The fourth-order valence-electron chi connectivity index (χ4n) is 4.07. The van der Waals surface area contributed by atoms with Crippen LogP contribution < -0.4 is 5.32 Å². The number of Topliss-reactive ketones (excluding diaryl/α,β-unsaturated/α-hetero) is 1. The zero-order valence-corrected chi connectivity index (χ0v) is 17.4. The lowest BCUT2D eigenvalue weighted by molar-refractivity contribution is -0.116. The van der Waals surface area contributed by atoms with Gasteiger partial charge in [-0.3, -0.25) is 4.79 Å². The number of hydrogen-bond donors (Lipinski definition) is 1. The first-order valence-corrected chi connectivity index (χ1v) is 11.0. The van der Waals surface area contributed by atoms with E-state index in [1.807, 2.05) is 12.1 Å². The third-order valence-electron chi connectivity index (χ3n) is 5.65. The van der Waals surface area contributed by atoms with Crippen LogP contribution in [0.4, 0.5) is 10.3 Å². The fraction of sp³-hybridized carbons (Fsp3) is 0.261. The minimum absolute atomic E-state index is 0.119. The van der Waals surface area contributed by atoms with Gasteiger partial charge in [0.25, 0.3) is 0 Å². The molecule has 0 saturated heterocycles. The number of ketones is 1. The molecule has 0 fully saturated rings. The Labute approximate surface area is 178 Å². The molecule has 1 aliphatic carbocycles. The number of aromatic nitrogens is 3. The standard InChI is InChI=1S/C23H21FN4OS/c1-14-5-2-3-6-16(14)13-30-23-26-22-25-18-7-4-8-19(29)20(18)21(28(22)27-23)15-9-11-17(24)12-10-15/h2-3,5-6,9-12,21H,4,7-8,13H2,1H3,(H,25,26,27)/t21-/m1/s1. The highest BCUT2D eigenvalue weighted by Crippen LogP contribution is 2.40. The number of allylic oxidation sites excluding steroid dienone is 2. The average Bonchev–Trinajstić information content (AvgIpc) is 3.15. The van der Waals surface area contributed by atoms with Gasteiger partial charge < -0.3 is 5.32 Å². The highest BCUT2D eigenvalue weighted by Gasteiger charge is 2.36. The number of hydrogen-bond acceptors (Lipinski definition) is 5. The number of anilines is 1. The lowest BCUT2D eigenvalue weighted by atomic mass is 9.85. The van der Waals surface area contributed by atoms with Crippen molar-refractivity contribution in [3.8, 4) is 0 Å². The number of rotatable bonds is 4. The number of thioether (sulfide) groups is 1. The maximum atomic E-state index is 13.5. The summed E-state index contributed by atoms with van der Waals surface area (Å²) in [6, 6.07) is 14.2. The summed E-state index contributed by atoms with van der Waals surface area (Å²) in [5.41, 5.74) is 4.95. The number of carbonyl (C=O) groups is 1. The van der Waals surface area contributed by atoms with Crippen LogP contribution in [-0.4, -0.2) is 20.5 Å². The normalized spacial score (nSPS) is 18.1. The van der Waals surface area contributed by atoms with E-state index < -0.39 is 0 Å². The van der Waals surface area contributed by atoms with Crippen molar-refractivity contribution in [3.63, 3.8) is 0 Å². The third kappa shape index (κ3) is 3.43. The largest absolute Gasteiger partial charge is 0.328 e. The first-order chi connectivity index (χ1) is 14.6. The minimum Gasteiger partial charge on any atom is -0.328 e. The van der Waals surface area contributed by atoms with Crippen molar-refractivity contribution in [2.75, 3.05) is 5.32 Å². The van der Waals surface area contributed by atoms with E-state index in [4.69, 9.17) is 5.10 Å². The number of aryl methyl sites for hydroxylation is 1. The molecule has 30 heavy (non-hydrogen) atoms. The smallest absolute Gasteiger partial charge is 0.227 e. The summed E-state index contributed by atoms with van der Waals surface area (Å²) in [4.78, 5) is 17.5. The lowest BCUT2D eigenvalue weighted by Gasteiger charge is -2.32. The Morgan fingerprint density at radius 1 is 1.17 bits per heavy atom. The van der Waals surface area contributed by atoms with Gasteiger partial charge >= 0.3 is 0 Å². The molecule has 0 bridgehead atoms. The first kappa shape index (κ1) is 19.1. The Kier molecular flexibility index (Phi) is 4.90. The summed E-state index contributed by atoms with van der Waals surface area (Å²) in [5.74, 6) is 1.22. The molecule has 5 nitrogen and oxygen atoms in total. The number of halogens is 1. The SMILES string of the molecule is Cc1ccccc1CSc1nc2n(n1)[C@H](c1ccc(F)cc1)C1=C(CCCC1=O)N2. The zero-order valence-electron chi connectivity index (χ0n) is 16.6. The van der Waals surface area contributed by atoms with Gasteiger partial charge in [-0.2, -0.15) is 4.98 Å². The molecule has 1 atom stereocenters. The average molecular weight is 421 g/mol. The molecule has 5 rings (SSSR count). The first-order valence-electron chi connectivity index (χ1n) is 10.0. The van der Waals surface area contributed by atoms with Gasteiger partial charge in [0.15, 0.2) is 5.78 Å². The number of carbonyl (C=O) groups excluding carboxylic acids is 1. The maximum Gasteiger partial charge on any atom is 0.227 e. The van der Waals surface area contributed by atoms with Gasteiger partial charge in [-0.15, -0.1) is 5.10 Å². The molecule has 0 spiro atoms. The van der Waals surface area contributed by atoms with Crippen molar-refractivity contribution >= 4 is 23.5 Å². The van der Waals surface area contributed by atoms with Gasteiger partial charge in [0, 0.05) is 23.4 Å². The van der Waals surface area contributed by atoms with Crippen molar-refractivity contribution < 1.29 is 9.18 Å². The minimum atomic E-state index is -0.384. The molecular formula is C23H21FN4OS. The summed E-state index contributed by atoms with van der Waals surface area (Å²) in [5, 5.41) is 8.71. The van der Waals surface area contributed by atoms with Crippen LogP contribution in [-0.2, 0) is 10.5 Å². The third-order valence-corrected chi connectivity index (χ3v) is 6.54. The second kappa shape index (κ2) is 7.72. The molecule has 2 aromatic carbocycles. The Morgan fingerprint density at radius 2 is 1.97 bits per heavy atom. The summed E-state index contributed by atoms with van der Waals surface area (Å²) >= 11 is 1.57. The molecule has 2 aliphatic rings. The van der Waals surface area contributed by atoms with Gasteiger partial charge in [0.2, 0.25) is 11.1 Å². The Morgan fingerprint density at radius 3 is 2.77 bits per heavy atom. The van der Waals surface area contributed by atoms with E-state index in [0.29, 0.717) is 17.5 Å². The van der Waals surface area contributed by atoms with Gasteiger partial charge in [-0.05, 0) is 48.6 Å². The van der Waals surface area contributed by atoms with Gasteiger partial charge in [-0.25, -0.2) is 9.07 Å². The lowest BCUT2D eigenvalue weighted by Crippen LogP contribution is -2.31. The van der Waals surface area contributed by atoms with Gasteiger partial charge in [0.1, 0.15) is 11.9 Å². The van der Waals surface area contributed by atoms with Crippen molar-refractivity contribution in [1.29, 1.82) is 0 Å². The van der Waals surface area contributed by atoms with E-state index in [2.05, 4.69) is 29.4 Å². The quantitative estimate of drug-likeness (QED) is 0.599. The predicted octanol–water partition coefficient (Wildman–Crippen LogP) is 5.04. The van der Waals surface area contributed by atoms with E-state index in [-0.39, 0.29) is 17.6 Å². The number of nitrogens with zero attached hydrogens (tertiary/aromatic N) is 3. The van der Waals surface area contributed by atoms with E-state index in [1.54, 1.807) is 28.6 Å². The molecule has 2 heterocycles. The van der Waals surface area contributed by atoms with Crippen LogP contribution >= 0.6 is 11.8 Å². The number of nitrogens with one attached hydrogen (secondary N) is 1. The molecule has 1 N–H and O–H groups in total. The maximum absolute atomic E-state index is 13.5. The van der Waals surface area contributed by atoms with E-state index in [1.165, 1.54) is 23.3 Å². The molecule has 152 valence electrons. The molecule has 1 aliphatic heterocycles. The van der Waals surface area contributed by atoms with Crippen LogP contribution in [0.5, 0.6) is 0 Å². The number of fused-ring (bicyclic) bond motifs is 1. The molecule has 0 saturated carbocycles. The fourth-order valence-corrected chi connectivity index (χ4v) is 4.97. The second-order valence-corrected chi connectivity index (χ2v) is 8.57. The Balaban J connectivity index is 1.51. The van der Waals surface area contributed by atoms with E-state index in [0.717, 1.165) is 35.4 Å². The highest BCUT2D eigenvalue weighted by atomic mass is 32.2. The van der Waals surface area contributed by atoms with E-state index in [9.17, 15) is 9.18 Å². The van der Waals surface area contributed by atoms with Gasteiger partial charge in [0.05, 0.1) is 0 Å².